The Morgan fingerprint density at radius 3 is 2.50 bits per heavy atom. The molecule has 128 valence electrons. The number of nitrogens with zero attached hydrogens (tertiary/aromatic N) is 1. The first-order valence-electron chi connectivity index (χ1n) is 7.92. The molecule has 0 aliphatic carbocycles. The van der Waals surface area contributed by atoms with Gasteiger partial charge < -0.3 is 5.32 Å². The van der Waals surface area contributed by atoms with E-state index in [4.69, 9.17) is 0 Å². The Morgan fingerprint density at radius 2 is 1.92 bits per heavy atom. The van der Waals surface area contributed by atoms with Gasteiger partial charge in [-0.3, -0.25) is 9.78 Å². The molecule has 0 fully saturated rings. The van der Waals surface area contributed by atoms with Gasteiger partial charge in [-0.25, -0.2) is 8.42 Å². The lowest BCUT2D eigenvalue weighted by atomic mass is 10.2. The van der Waals surface area contributed by atoms with Crippen LogP contribution in [0.25, 0.3) is 0 Å². The van der Waals surface area contributed by atoms with E-state index in [1.807, 2.05) is 13.8 Å². The molecular weight excluding hydrogens is 324 g/mol. The first-order chi connectivity index (χ1) is 11.4. The van der Waals surface area contributed by atoms with E-state index in [9.17, 15) is 13.2 Å². The number of pyridine rings is 1. The zero-order chi connectivity index (χ0) is 17.6. The lowest BCUT2D eigenvalue weighted by molar-refractivity contribution is -0.121. The fourth-order valence-corrected chi connectivity index (χ4v) is 4.03. The highest BCUT2D eigenvalue weighted by atomic mass is 32.2. The van der Waals surface area contributed by atoms with Gasteiger partial charge in [-0.2, -0.15) is 0 Å². The molecular formula is C18H22N2O3S. The van der Waals surface area contributed by atoms with Crippen molar-refractivity contribution in [3.8, 4) is 0 Å². The van der Waals surface area contributed by atoms with E-state index in [-0.39, 0.29) is 17.3 Å². The summed E-state index contributed by atoms with van der Waals surface area (Å²) in [7, 11) is -3.64. The normalized spacial score (nSPS) is 12.6. The number of rotatable bonds is 7. The first kappa shape index (κ1) is 18.1. The molecule has 0 aliphatic rings. The molecule has 1 amide bonds. The van der Waals surface area contributed by atoms with Crippen molar-refractivity contribution in [2.24, 2.45) is 0 Å². The van der Waals surface area contributed by atoms with Crippen molar-refractivity contribution in [1.82, 2.24) is 10.3 Å². The van der Waals surface area contributed by atoms with Gasteiger partial charge in [0.1, 0.15) is 5.25 Å². The predicted octanol–water partition coefficient (Wildman–Crippen LogP) is 2.82. The van der Waals surface area contributed by atoms with Crippen molar-refractivity contribution in [3.63, 3.8) is 0 Å². The maximum atomic E-state index is 13.0. The van der Waals surface area contributed by atoms with Crippen molar-refractivity contribution < 1.29 is 13.2 Å². The molecule has 0 spiro atoms. The summed E-state index contributed by atoms with van der Waals surface area (Å²) in [6.45, 7) is 3.84. The van der Waals surface area contributed by atoms with Crippen LogP contribution in [0, 0.1) is 6.92 Å². The number of hydrogen-bond acceptors (Lipinski definition) is 4. The van der Waals surface area contributed by atoms with Crippen molar-refractivity contribution in [2.75, 3.05) is 6.54 Å². The van der Waals surface area contributed by atoms with Crippen LogP contribution in [0.4, 0.5) is 0 Å². The summed E-state index contributed by atoms with van der Waals surface area (Å²) in [5.74, 6) is -0.148. The Balaban J connectivity index is 2.34. The third-order valence-corrected chi connectivity index (χ3v) is 5.86. The molecule has 0 bridgehead atoms. The number of amides is 1. The van der Waals surface area contributed by atoms with Gasteiger partial charge in [0.2, 0.25) is 5.91 Å². The molecule has 1 aromatic heterocycles. The zero-order valence-corrected chi connectivity index (χ0v) is 14.7. The van der Waals surface area contributed by atoms with Crippen LogP contribution >= 0.6 is 0 Å². The molecule has 0 saturated carbocycles. The van der Waals surface area contributed by atoms with Crippen LogP contribution in [-0.4, -0.2) is 25.9 Å². The lowest BCUT2D eigenvalue weighted by Crippen LogP contribution is -2.31. The highest BCUT2D eigenvalue weighted by Gasteiger charge is 2.29. The van der Waals surface area contributed by atoms with Crippen LogP contribution < -0.4 is 5.32 Å². The molecule has 0 saturated heterocycles. The monoisotopic (exact) mass is 346 g/mol. The van der Waals surface area contributed by atoms with Crippen molar-refractivity contribution in [3.05, 3.63) is 59.9 Å². The molecule has 24 heavy (non-hydrogen) atoms. The average molecular weight is 346 g/mol. The molecule has 2 rings (SSSR count). The Labute approximate surface area is 143 Å². The predicted molar refractivity (Wildman–Crippen MR) is 93.3 cm³/mol. The minimum Gasteiger partial charge on any atom is -0.354 e. The van der Waals surface area contributed by atoms with Gasteiger partial charge in [-0.15, -0.1) is 0 Å². The van der Waals surface area contributed by atoms with Gasteiger partial charge in [0, 0.05) is 25.4 Å². The standard InChI is InChI=1S/C18H22N2O3S/c1-3-5-18(21)20-13-17(15-6-4-11-19-12-15)24(22,23)16-9-7-14(2)8-10-16/h4,6-12,17H,3,5,13H2,1-2H3,(H,20,21)/t17-/m0/s1. The second kappa shape index (κ2) is 8.06. The fourth-order valence-electron chi connectivity index (χ4n) is 2.39. The minimum absolute atomic E-state index is 0.0285. The Kier molecular flexibility index (Phi) is 6.09. The summed E-state index contributed by atoms with van der Waals surface area (Å²) >= 11 is 0. The molecule has 1 aromatic carbocycles. The van der Waals surface area contributed by atoms with E-state index in [0.717, 1.165) is 5.56 Å². The highest BCUT2D eigenvalue weighted by Crippen LogP contribution is 2.28. The third-order valence-electron chi connectivity index (χ3n) is 3.74. The van der Waals surface area contributed by atoms with E-state index in [2.05, 4.69) is 10.3 Å². The average Bonchev–Trinajstić information content (AvgIpc) is 2.56. The lowest BCUT2D eigenvalue weighted by Gasteiger charge is -2.19. The summed E-state index contributed by atoms with van der Waals surface area (Å²) in [6.07, 6.45) is 4.22. The van der Waals surface area contributed by atoms with Gasteiger partial charge in [-0.1, -0.05) is 30.7 Å². The topological polar surface area (TPSA) is 76.1 Å². The smallest absolute Gasteiger partial charge is 0.220 e. The summed E-state index contributed by atoms with van der Waals surface area (Å²) in [5.41, 5.74) is 1.55. The summed E-state index contributed by atoms with van der Waals surface area (Å²) in [4.78, 5) is 16.0. The molecule has 0 radical (unpaired) electrons. The molecule has 6 heteroatoms. The number of hydrogen-bond donors (Lipinski definition) is 1. The van der Waals surface area contributed by atoms with Crippen LogP contribution in [0.15, 0.2) is 53.7 Å². The van der Waals surface area contributed by atoms with Crippen molar-refractivity contribution in [2.45, 2.75) is 36.8 Å². The number of aryl methyl sites for hydroxylation is 1. The van der Waals surface area contributed by atoms with Gasteiger partial charge in [-0.05, 0) is 37.1 Å². The molecule has 5 nitrogen and oxygen atoms in total. The Bertz CT molecular complexity index is 772. The summed E-state index contributed by atoms with van der Waals surface area (Å²) < 4.78 is 26.1. The van der Waals surface area contributed by atoms with Crippen molar-refractivity contribution in [1.29, 1.82) is 0 Å². The molecule has 1 heterocycles. The third kappa shape index (κ3) is 4.41. The second-order valence-corrected chi connectivity index (χ2v) is 7.82. The zero-order valence-electron chi connectivity index (χ0n) is 13.9. The highest BCUT2D eigenvalue weighted by molar-refractivity contribution is 7.91. The first-order valence-corrected chi connectivity index (χ1v) is 9.47. The maximum Gasteiger partial charge on any atom is 0.220 e. The van der Waals surface area contributed by atoms with E-state index < -0.39 is 15.1 Å². The van der Waals surface area contributed by atoms with Gasteiger partial charge in [0.25, 0.3) is 0 Å². The molecule has 0 unspecified atom stereocenters. The van der Waals surface area contributed by atoms with Gasteiger partial charge >= 0.3 is 0 Å². The number of benzene rings is 1. The quantitative estimate of drug-likeness (QED) is 0.836. The molecule has 1 N–H and O–H groups in total. The SMILES string of the molecule is CCCC(=O)NC[C@@H](c1cccnc1)S(=O)(=O)c1ccc(C)cc1. The van der Waals surface area contributed by atoms with E-state index >= 15 is 0 Å². The van der Waals surface area contributed by atoms with Crippen LogP contribution in [0.3, 0.4) is 0 Å². The second-order valence-electron chi connectivity index (χ2n) is 5.69. The van der Waals surface area contributed by atoms with Gasteiger partial charge in [0.05, 0.1) is 4.90 Å². The van der Waals surface area contributed by atoms with E-state index in [1.165, 1.54) is 6.20 Å². The van der Waals surface area contributed by atoms with Crippen LogP contribution in [0.1, 0.15) is 36.1 Å². The largest absolute Gasteiger partial charge is 0.354 e. The van der Waals surface area contributed by atoms with Crippen LogP contribution in [0.5, 0.6) is 0 Å². The fraction of sp³-hybridized carbons (Fsp3) is 0.333. The molecule has 1 atom stereocenters. The number of aromatic nitrogens is 1. The number of sulfone groups is 1. The Morgan fingerprint density at radius 1 is 1.21 bits per heavy atom. The maximum absolute atomic E-state index is 13.0. The van der Waals surface area contributed by atoms with E-state index in [0.29, 0.717) is 18.4 Å². The van der Waals surface area contributed by atoms with Crippen LogP contribution in [-0.2, 0) is 14.6 Å². The van der Waals surface area contributed by atoms with Gasteiger partial charge in [0.15, 0.2) is 9.84 Å². The van der Waals surface area contributed by atoms with Crippen LogP contribution in [0.2, 0.25) is 0 Å². The minimum atomic E-state index is -3.64. The number of nitrogens with one attached hydrogen (secondary N) is 1. The summed E-state index contributed by atoms with van der Waals surface area (Å²) in [6, 6.07) is 10.1. The Hall–Kier alpha value is -2.21. The molecule has 0 aliphatic heterocycles. The summed E-state index contributed by atoms with van der Waals surface area (Å²) in [5, 5.41) is 1.86. The number of carbonyl (C=O) groups excluding carboxylic acids is 1. The van der Waals surface area contributed by atoms with E-state index in [1.54, 1.807) is 42.6 Å². The number of carbonyl (C=O) groups is 1. The van der Waals surface area contributed by atoms with Crippen molar-refractivity contribution >= 4 is 15.7 Å². The molecule has 2 aromatic rings.